The smallest absolute Gasteiger partial charge is 0.0847 e. The van der Waals surface area contributed by atoms with Gasteiger partial charge in [-0.2, -0.15) is 5.10 Å². The molecule has 18 heavy (non-hydrogen) atoms. The summed E-state index contributed by atoms with van der Waals surface area (Å²) in [5.41, 5.74) is 1.93. The zero-order chi connectivity index (χ0) is 13.2. The average molecular weight is 272 g/mol. The molecule has 2 rings (SSSR count). The molecule has 0 unspecified atom stereocenters. The van der Waals surface area contributed by atoms with E-state index in [9.17, 15) is 5.11 Å². The Labute approximate surface area is 113 Å². The Morgan fingerprint density at radius 2 is 2.11 bits per heavy atom. The normalized spacial score (nSPS) is 19.1. The summed E-state index contributed by atoms with van der Waals surface area (Å²) in [6.45, 7) is 6.99. The fourth-order valence-corrected chi connectivity index (χ4v) is 2.94. The van der Waals surface area contributed by atoms with E-state index in [4.69, 9.17) is 11.6 Å². The van der Waals surface area contributed by atoms with Crippen molar-refractivity contribution in [2.75, 3.05) is 19.7 Å². The zero-order valence-corrected chi connectivity index (χ0v) is 11.9. The molecule has 0 radical (unpaired) electrons. The fraction of sp³-hybridized carbons (Fsp3) is 0.769. The van der Waals surface area contributed by atoms with Gasteiger partial charge in [0, 0.05) is 18.6 Å². The van der Waals surface area contributed by atoms with E-state index in [1.165, 1.54) is 0 Å². The highest BCUT2D eigenvalue weighted by Gasteiger charge is 2.33. The molecule has 0 spiro atoms. The highest BCUT2D eigenvalue weighted by molar-refractivity contribution is 6.31. The number of aromatic nitrogens is 2. The Morgan fingerprint density at radius 3 is 2.67 bits per heavy atom. The van der Waals surface area contributed by atoms with Crippen molar-refractivity contribution in [3.63, 3.8) is 0 Å². The molecule has 0 atom stereocenters. The molecule has 0 aliphatic carbocycles. The number of nitrogens with one attached hydrogen (secondary N) is 1. The summed E-state index contributed by atoms with van der Waals surface area (Å²) in [7, 11) is 0. The van der Waals surface area contributed by atoms with Crippen LogP contribution in [0.3, 0.4) is 0 Å². The van der Waals surface area contributed by atoms with Gasteiger partial charge in [0.2, 0.25) is 0 Å². The van der Waals surface area contributed by atoms with E-state index in [2.05, 4.69) is 17.3 Å². The standard InChI is InChI=1S/C13H22ClN3O/c1-3-17-11(12(14)10(2)16-17)8-13(9-18)4-6-15-7-5-13/h15,18H,3-9H2,1-2H3. The molecule has 1 fully saturated rings. The summed E-state index contributed by atoms with van der Waals surface area (Å²) in [6, 6.07) is 0. The molecule has 102 valence electrons. The highest BCUT2D eigenvalue weighted by atomic mass is 35.5. The van der Waals surface area contributed by atoms with Crippen LogP contribution in [0.4, 0.5) is 0 Å². The Hall–Kier alpha value is -0.580. The molecule has 5 heteroatoms. The van der Waals surface area contributed by atoms with E-state index in [1.54, 1.807) is 0 Å². The van der Waals surface area contributed by atoms with Gasteiger partial charge in [-0.3, -0.25) is 4.68 Å². The molecule has 2 heterocycles. The first-order valence-corrected chi connectivity index (χ1v) is 7.03. The maximum Gasteiger partial charge on any atom is 0.0847 e. The van der Waals surface area contributed by atoms with Crippen LogP contribution in [-0.2, 0) is 13.0 Å². The number of nitrogens with zero attached hydrogens (tertiary/aromatic N) is 2. The third-order valence-electron chi connectivity index (χ3n) is 3.99. The molecule has 1 aromatic heterocycles. The third kappa shape index (κ3) is 2.56. The predicted octanol–water partition coefficient (Wildman–Crippen LogP) is 1.77. The van der Waals surface area contributed by atoms with Crippen molar-refractivity contribution in [2.45, 2.75) is 39.7 Å². The highest BCUT2D eigenvalue weighted by Crippen LogP contribution is 2.35. The summed E-state index contributed by atoms with van der Waals surface area (Å²) in [6.07, 6.45) is 2.81. The van der Waals surface area contributed by atoms with Crippen molar-refractivity contribution in [1.82, 2.24) is 15.1 Å². The second-order valence-electron chi connectivity index (χ2n) is 5.25. The molecule has 1 aromatic rings. The first kappa shape index (κ1) is 13.8. The van der Waals surface area contributed by atoms with Gasteiger partial charge in [0.1, 0.15) is 0 Å². The SMILES string of the molecule is CCn1nc(C)c(Cl)c1CC1(CO)CCNCC1. The van der Waals surface area contributed by atoms with Crippen LogP contribution in [0.2, 0.25) is 5.02 Å². The van der Waals surface area contributed by atoms with E-state index in [0.717, 1.165) is 55.3 Å². The van der Waals surface area contributed by atoms with E-state index < -0.39 is 0 Å². The summed E-state index contributed by atoms with van der Waals surface area (Å²) >= 11 is 6.35. The van der Waals surface area contributed by atoms with Gasteiger partial charge >= 0.3 is 0 Å². The van der Waals surface area contributed by atoms with Crippen LogP contribution in [0.25, 0.3) is 0 Å². The first-order chi connectivity index (χ1) is 8.62. The molecular weight excluding hydrogens is 250 g/mol. The lowest BCUT2D eigenvalue weighted by molar-refractivity contribution is 0.0872. The van der Waals surface area contributed by atoms with Crippen molar-refractivity contribution < 1.29 is 5.11 Å². The number of piperidine rings is 1. The third-order valence-corrected chi connectivity index (χ3v) is 4.49. The minimum absolute atomic E-state index is 0.0334. The first-order valence-electron chi connectivity index (χ1n) is 6.65. The van der Waals surface area contributed by atoms with Crippen molar-refractivity contribution in [3.8, 4) is 0 Å². The number of aliphatic hydroxyl groups excluding tert-OH is 1. The molecule has 0 bridgehead atoms. The maximum absolute atomic E-state index is 9.76. The topological polar surface area (TPSA) is 50.1 Å². The lowest BCUT2D eigenvalue weighted by Crippen LogP contribution is -2.41. The zero-order valence-electron chi connectivity index (χ0n) is 11.2. The largest absolute Gasteiger partial charge is 0.396 e. The van der Waals surface area contributed by atoms with Crippen LogP contribution >= 0.6 is 11.6 Å². The predicted molar refractivity (Wildman–Crippen MR) is 73.0 cm³/mol. The van der Waals surface area contributed by atoms with Gasteiger partial charge in [0.25, 0.3) is 0 Å². The molecule has 0 amide bonds. The van der Waals surface area contributed by atoms with E-state index in [0.29, 0.717) is 0 Å². The Balaban J connectivity index is 2.26. The Bertz CT molecular complexity index is 411. The van der Waals surface area contributed by atoms with Gasteiger partial charge in [-0.05, 0) is 46.2 Å². The van der Waals surface area contributed by atoms with Crippen molar-refractivity contribution in [3.05, 3.63) is 16.4 Å². The molecule has 1 saturated heterocycles. The fourth-order valence-electron chi connectivity index (χ4n) is 2.74. The number of hydrogen-bond acceptors (Lipinski definition) is 3. The molecule has 0 saturated carbocycles. The molecule has 4 nitrogen and oxygen atoms in total. The number of hydrogen-bond donors (Lipinski definition) is 2. The lowest BCUT2D eigenvalue weighted by Gasteiger charge is -2.36. The number of aliphatic hydroxyl groups is 1. The van der Waals surface area contributed by atoms with Gasteiger partial charge in [-0.15, -0.1) is 0 Å². The minimum atomic E-state index is -0.0334. The van der Waals surface area contributed by atoms with Crippen LogP contribution in [0.1, 0.15) is 31.2 Å². The number of rotatable bonds is 4. The maximum atomic E-state index is 9.76. The number of halogens is 1. The van der Waals surface area contributed by atoms with Crippen LogP contribution in [0.15, 0.2) is 0 Å². The van der Waals surface area contributed by atoms with Crippen molar-refractivity contribution >= 4 is 11.6 Å². The average Bonchev–Trinajstić information content (AvgIpc) is 2.67. The van der Waals surface area contributed by atoms with E-state index in [1.807, 2.05) is 11.6 Å². The van der Waals surface area contributed by atoms with Gasteiger partial charge in [0.05, 0.1) is 16.4 Å². The molecule has 1 aliphatic heterocycles. The lowest BCUT2D eigenvalue weighted by atomic mass is 9.76. The summed E-state index contributed by atoms with van der Waals surface area (Å²) in [5, 5.41) is 18.3. The van der Waals surface area contributed by atoms with Crippen molar-refractivity contribution in [2.24, 2.45) is 5.41 Å². The van der Waals surface area contributed by atoms with Gasteiger partial charge < -0.3 is 10.4 Å². The molecule has 2 N–H and O–H groups in total. The molecule has 0 aromatic carbocycles. The molecule has 1 aliphatic rings. The summed E-state index contributed by atoms with van der Waals surface area (Å²) < 4.78 is 1.97. The minimum Gasteiger partial charge on any atom is -0.396 e. The summed E-state index contributed by atoms with van der Waals surface area (Å²) in [4.78, 5) is 0. The van der Waals surface area contributed by atoms with Crippen LogP contribution in [-0.4, -0.2) is 34.6 Å². The van der Waals surface area contributed by atoms with Gasteiger partial charge in [-0.1, -0.05) is 11.6 Å². The van der Waals surface area contributed by atoms with E-state index >= 15 is 0 Å². The van der Waals surface area contributed by atoms with Crippen LogP contribution < -0.4 is 5.32 Å². The van der Waals surface area contributed by atoms with Crippen LogP contribution in [0, 0.1) is 12.3 Å². The Morgan fingerprint density at radius 1 is 1.44 bits per heavy atom. The monoisotopic (exact) mass is 271 g/mol. The Kier molecular flexibility index (Phi) is 4.30. The second kappa shape index (κ2) is 5.59. The van der Waals surface area contributed by atoms with Gasteiger partial charge in [-0.25, -0.2) is 0 Å². The summed E-state index contributed by atoms with van der Waals surface area (Å²) in [5.74, 6) is 0. The second-order valence-corrected chi connectivity index (χ2v) is 5.62. The van der Waals surface area contributed by atoms with E-state index in [-0.39, 0.29) is 12.0 Å². The number of aryl methyl sites for hydroxylation is 2. The van der Waals surface area contributed by atoms with Crippen LogP contribution in [0.5, 0.6) is 0 Å². The van der Waals surface area contributed by atoms with Gasteiger partial charge in [0.15, 0.2) is 0 Å². The van der Waals surface area contributed by atoms with Crippen molar-refractivity contribution in [1.29, 1.82) is 0 Å². The quantitative estimate of drug-likeness (QED) is 0.878. The molecular formula is C13H22ClN3O.